The number of hydrogen-bond acceptors (Lipinski definition) is 3. The maximum atomic E-state index is 6.80. The molecule has 0 aliphatic rings. The molecule has 8 rings (SSSR count). The van der Waals surface area contributed by atoms with Crippen molar-refractivity contribution in [2.75, 3.05) is 0 Å². The summed E-state index contributed by atoms with van der Waals surface area (Å²) in [4.78, 5) is 4.85. The van der Waals surface area contributed by atoms with Crippen molar-refractivity contribution in [1.29, 1.82) is 0 Å². The number of nitrogens with zero attached hydrogens (tertiary/aromatic N) is 4. The van der Waals surface area contributed by atoms with Crippen LogP contribution in [0.1, 0.15) is 51.3 Å². The molecule has 0 aliphatic carbocycles. The second-order valence-electron chi connectivity index (χ2n) is 14.1. The zero-order valence-electron chi connectivity index (χ0n) is 28.0. The number of hydrogen-bond donors (Lipinski definition) is 0. The van der Waals surface area contributed by atoms with E-state index in [0.29, 0.717) is 0 Å². The molecular weight excluding hydrogens is 589 g/mol. The van der Waals surface area contributed by atoms with Crippen molar-refractivity contribution in [3.8, 4) is 23.0 Å². The Kier molecular flexibility index (Phi) is 6.95. The molecule has 0 aliphatic heterocycles. The predicted molar refractivity (Wildman–Crippen MR) is 197 cm³/mol. The highest BCUT2D eigenvalue weighted by molar-refractivity contribution is 6.09. The summed E-state index contributed by atoms with van der Waals surface area (Å²) < 4.78 is 11.1. The first-order chi connectivity index (χ1) is 23.2. The minimum absolute atomic E-state index is 0.000866. The van der Waals surface area contributed by atoms with E-state index in [1.165, 1.54) is 16.5 Å². The summed E-state index contributed by atoms with van der Waals surface area (Å²) in [6, 6.07) is 44.6. The molecule has 0 N–H and O–H groups in total. The molecule has 0 unspecified atom stereocenters. The quantitative estimate of drug-likeness (QED) is 0.184. The number of ether oxygens (including phenoxy) is 1. The lowest BCUT2D eigenvalue weighted by molar-refractivity contribution is 0.480. The molecule has 0 spiro atoms. The first-order valence-corrected chi connectivity index (χ1v) is 16.5. The van der Waals surface area contributed by atoms with E-state index < -0.39 is 0 Å². The largest absolute Gasteiger partial charge is 0.457 e. The smallest absolute Gasteiger partial charge is 0.137 e. The lowest BCUT2D eigenvalue weighted by atomic mass is 9.78. The molecule has 236 valence electrons. The maximum absolute atomic E-state index is 6.80. The van der Waals surface area contributed by atoms with Crippen LogP contribution in [0.3, 0.4) is 0 Å². The van der Waals surface area contributed by atoms with E-state index in [1.807, 2.05) is 23.1 Å². The van der Waals surface area contributed by atoms with Gasteiger partial charge in [-0.15, -0.1) is 0 Å². The van der Waals surface area contributed by atoms with Crippen molar-refractivity contribution in [2.24, 2.45) is 0 Å². The first kappa shape index (κ1) is 29.7. The van der Waals surface area contributed by atoms with Crippen LogP contribution in [0.5, 0.6) is 11.5 Å². The topological polar surface area (TPSA) is 44.9 Å². The highest BCUT2D eigenvalue weighted by Gasteiger charge is 2.25. The molecule has 0 saturated carbocycles. The van der Waals surface area contributed by atoms with Crippen LogP contribution in [-0.2, 0) is 10.8 Å². The Morgan fingerprint density at radius 1 is 0.562 bits per heavy atom. The summed E-state index contributed by atoms with van der Waals surface area (Å²) in [5.41, 5.74) is 7.49. The van der Waals surface area contributed by atoms with Crippen molar-refractivity contribution in [2.45, 2.75) is 45.4 Å². The van der Waals surface area contributed by atoms with Gasteiger partial charge in [-0.1, -0.05) is 101 Å². The number of para-hydroxylation sites is 2. The summed E-state index contributed by atoms with van der Waals surface area (Å²) in [5.74, 6) is 2.40. The monoisotopic (exact) mass is 626 g/mol. The maximum Gasteiger partial charge on any atom is 0.137 e. The molecule has 0 radical (unpaired) electrons. The van der Waals surface area contributed by atoms with Gasteiger partial charge in [-0.25, -0.2) is 9.67 Å². The fraction of sp³-hybridized carbons (Fsp3) is 0.163. The highest BCUT2D eigenvalue weighted by Crippen LogP contribution is 2.39. The van der Waals surface area contributed by atoms with Crippen LogP contribution in [0.4, 0.5) is 0 Å². The van der Waals surface area contributed by atoms with Gasteiger partial charge < -0.3 is 4.74 Å². The van der Waals surface area contributed by atoms with Gasteiger partial charge in [0, 0.05) is 39.9 Å². The van der Waals surface area contributed by atoms with Crippen LogP contribution in [0, 0.1) is 0 Å². The average Bonchev–Trinajstić information content (AvgIpc) is 3.67. The molecule has 0 atom stereocenters. The molecular formula is C43H38N4O. The van der Waals surface area contributed by atoms with Gasteiger partial charge in [0.05, 0.1) is 28.4 Å². The van der Waals surface area contributed by atoms with Gasteiger partial charge in [0.25, 0.3) is 0 Å². The molecule has 5 aromatic carbocycles. The summed E-state index contributed by atoms with van der Waals surface area (Å²) in [7, 11) is 0. The van der Waals surface area contributed by atoms with Gasteiger partial charge >= 0.3 is 0 Å². The molecule has 0 amide bonds. The highest BCUT2D eigenvalue weighted by atomic mass is 16.5. The third kappa shape index (κ3) is 5.12. The van der Waals surface area contributed by atoms with Crippen molar-refractivity contribution in [3.63, 3.8) is 0 Å². The van der Waals surface area contributed by atoms with Gasteiger partial charge in [-0.2, -0.15) is 5.10 Å². The van der Waals surface area contributed by atoms with Gasteiger partial charge in [-0.05, 0) is 70.6 Å². The minimum Gasteiger partial charge on any atom is -0.457 e. The first-order valence-electron chi connectivity index (χ1n) is 16.5. The van der Waals surface area contributed by atoms with Crippen molar-refractivity contribution >= 4 is 32.7 Å². The number of benzene rings is 5. The second kappa shape index (κ2) is 11.2. The van der Waals surface area contributed by atoms with E-state index in [-0.39, 0.29) is 10.8 Å². The number of aromatic nitrogens is 4. The molecule has 48 heavy (non-hydrogen) atoms. The molecule has 8 aromatic rings. The molecule has 0 saturated heterocycles. The van der Waals surface area contributed by atoms with Crippen molar-refractivity contribution in [1.82, 2.24) is 19.3 Å². The Bertz CT molecular complexity index is 2440. The second-order valence-corrected chi connectivity index (χ2v) is 14.1. The third-order valence-corrected chi connectivity index (χ3v) is 9.55. The van der Waals surface area contributed by atoms with E-state index in [1.54, 1.807) is 0 Å². The Balaban J connectivity index is 1.29. The van der Waals surface area contributed by atoms with Gasteiger partial charge in [0.15, 0.2) is 0 Å². The van der Waals surface area contributed by atoms with Gasteiger partial charge in [0.1, 0.15) is 17.3 Å². The number of fused-ring (bicyclic) bond motifs is 4. The molecule has 5 heteroatoms. The van der Waals surface area contributed by atoms with Crippen LogP contribution >= 0.6 is 0 Å². The van der Waals surface area contributed by atoms with Crippen LogP contribution in [-0.4, -0.2) is 19.3 Å². The van der Waals surface area contributed by atoms with Crippen molar-refractivity contribution in [3.05, 3.63) is 156 Å². The van der Waals surface area contributed by atoms with E-state index in [0.717, 1.165) is 55.9 Å². The summed E-state index contributed by atoms with van der Waals surface area (Å²) in [5, 5.41) is 8.23. The zero-order chi connectivity index (χ0) is 33.0. The summed E-state index contributed by atoms with van der Waals surface area (Å²) >= 11 is 0. The van der Waals surface area contributed by atoms with Gasteiger partial charge in [-0.3, -0.25) is 4.57 Å². The molecule has 0 fully saturated rings. The molecule has 0 bridgehead atoms. The SMILES string of the molecule is CC(C)(C)c1ccnc(-n2c3ccccc3c3ccc(Oc4cc(-n5ncc6ccccc65)cc(C(C)(C)c5ccccc5)c4)cc32)c1. The lowest BCUT2D eigenvalue weighted by Crippen LogP contribution is -2.19. The Hall–Kier alpha value is -5.68. The van der Waals surface area contributed by atoms with Crippen LogP contribution < -0.4 is 4.74 Å². The fourth-order valence-corrected chi connectivity index (χ4v) is 6.73. The van der Waals surface area contributed by atoms with E-state index >= 15 is 0 Å². The summed E-state index contributed by atoms with van der Waals surface area (Å²) in [6.07, 6.45) is 3.83. The predicted octanol–water partition coefficient (Wildman–Crippen LogP) is 10.9. The fourth-order valence-electron chi connectivity index (χ4n) is 6.73. The number of rotatable bonds is 6. The summed E-state index contributed by atoms with van der Waals surface area (Å²) in [6.45, 7) is 11.2. The standard InChI is InChI=1S/C43H38N4O/c1-42(2,3)31-21-22-44-41(25-31)46-39-18-12-10-16-36(39)37-20-19-34(27-40(37)46)48-35-24-32(43(4,5)30-14-7-6-8-15-30)23-33(26-35)47-38-17-11-9-13-29(38)28-45-47/h6-28H,1-5H3. The number of pyridine rings is 1. The Morgan fingerprint density at radius 3 is 2.10 bits per heavy atom. The minimum atomic E-state index is -0.279. The Labute approximate surface area is 281 Å². The third-order valence-electron chi connectivity index (χ3n) is 9.55. The van der Waals surface area contributed by atoms with E-state index in [4.69, 9.17) is 14.8 Å². The van der Waals surface area contributed by atoms with Crippen LogP contribution in [0.2, 0.25) is 0 Å². The average molecular weight is 627 g/mol. The van der Waals surface area contributed by atoms with Gasteiger partial charge in [0.2, 0.25) is 0 Å². The van der Waals surface area contributed by atoms with E-state index in [9.17, 15) is 0 Å². The van der Waals surface area contributed by atoms with Crippen LogP contribution in [0.25, 0.3) is 44.2 Å². The van der Waals surface area contributed by atoms with Crippen LogP contribution in [0.15, 0.2) is 140 Å². The molecule has 3 heterocycles. The van der Waals surface area contributed by atoms with Crippen molar-refractivity contribution < 1.29 is 4.74 Å². The Morgan fingerprint density at radius 2 is 1.29 bits per heavy atom. The normalized spacial score (nSPS) is 12.3. The molecule has 5 nitrogen and oxygen atoms in total. The zero-order valence-corrected chi connectivity index (χ0v) is 28.0. The van der Waals surface area contributed by atoms with E-state index in [2.05, 4.69) is 161 Å². The lowest BCUT2D eigenvalue weighted by Gasteiger charge is -2.27. The molecule has 3 aromatic heterocycles.